The van der Waals surface area contributed by atoms with Gasteiger partial charge in [0.1, 0.15) is 13.5 Å². The Morgan fingerprint density at radius 1 is 0.906 bits per heavy atom. The molecule has 5 nitrogen and oxygen atoms in total. The van der Waals surface area contributed by atoms with Crippen LogP contribution in [0.5, 0.6) is 0 Å². The molecule has 0 aromatic rings. The molecule has 2 saturated carbocycles. The predicted octanol–water partition coefficient (Wildman–Crippen LogP) is 6.30. The van der Waals surface area contributed by atoms with E-state index < -0.39 is 5.60 Å². The Labute approximate surface area is 196 Å². The summed E-state index contributed by atoms with van der Waals surface area (Å²) in [5, 5.41) is 21.0. The second-order valence-electron chi connectivity index (χ2n) is 10.7. The van der Waals surface area contributed by atoms with Gasteiger partial charge in [0.15, 0.2) is 0 Å². The van der Waals surface area contributed by atoms with Gasteiger partial charge in [-0.25, -0.2) is 0 Å². The van der Waals surface area contributed by atoms with Gasteiger partial charge in [0.25, 0.3) is 0 Å². The molecular weight excluding hydrogens is 402 g/mol. The second-order valence-corrected chi connectivity index (χ2v) is 10.7. The van der Waals surface area contributed by atoms with E-state index in [9.17, 15) is 10.3 Å². The lowest BCUT2D eigenvalue weighted by Gasteiger charge is -2.37. The van der Waals surface area contributed by atoms with Gasteiger partial charge in [-0.15, -0.1) is 0 Å². The number of carbonyl (C=O) groups is 1. The van der Waals surface area contributed by atoms with Crippen LogP contribution in [0.4, 0.5) is 0 Å². The number of hydrogen-bond donors (Lipinski definition) is 2. The highest BCUT2D eigenvalue weighted by Crippen LogP contribution is 2.35. The van der Waals surface area contributed by atoms with E-state index in [0.717, 1.165) is 6.42 Å². The highest BCUT2D eigenvalue weighted by molar-refractivity contribution is 5.11. The lowest BCUT2D eigenvalue weighted by molar-refractivity contribution is -0.208. The van der Waals surface area contributed by atoms with E-state index in [1.165, 1.54) is 69.3 Å². The zero-order valence-corrected chi connectivity index (χ0v) is 21.1. The summed E-state index contributed by atoms with van der Waals surface area (Å²) in [4.78, 5) is 8.00. The fraction of sp³-hybridized carbons (Fsp3) is 0.815. The minimum atomic E-state index is -0.430. The van der Waals surface area contributed by atoms with Gasteiger partial charge in [0.05, 0.1) is 11.2 Å². The molecule has 0 heterocycles. The third-order valence-electron chi connectivity index (χ3n) is 7.29. The summed E-state index contributed by atoms with van der Waals surface area (Å²) in [6, 6.07) is 0. The highest BCUT2D eigenvalue weighted by atomic mass is 16.6. The lowest BCUT2D eigenvalue weighted by Crippen LogP contribution is -2.40. The number of rotatable bonds is 7. The lowest BCUT2D eigenvalue weighted by atomic mass is 9.79. The molecule has 3 aliphatic rings. The van der Waals surface area contributed by atoms with Crippen molar-refractivity contribution in [2.75, 3.05) is 13.3 Å². The summed E-state index contributed by atoms with van der Waals surface area (Å²) in [6.45, 7) is 11.1. The molecule has 3 rings (SSSR count). The van der Waals surface area contributed by atoms with Gasteiger partial charge >= 0.3 is 0 Å². The number of ether oxygens (including phenoxy) is 1. The third kappa shape index (κ3) is 11.2. The van der Waals surface area contributed by atoms with E-state index in [-0.39, 0.29) is 5.60 Å². The number of aliphatic hydroxyl groups is 1. The van der Waals surface area contributed by atoms with Crippen molar-refractivity contribution < 1.29 is 19.8 Å². The molecule has 0 aliphatic heterocycles. The summed E-state index contributed by atoms with van der Waals surface area (Å²) in [5.74, 6) is 1.58. The first-order valence-corrected chi connectivity index (χ1v) is 12.6. The molecule has 0 spiro atoms. The number of hydrogen-bond acceptors (Lipinski definition) is 5. The van der Waals surface area contributed by atoms with Crippen molar-refractivity contribution in [3.63, 3.8) is 0 Å². The van der Waals surface area contributed by atoms with Crippen LogP contribution in [-0.4, -0.2) is 46.6 Å². The first-order valence-electron chi connectivity index (χ1n) is 12.6. The van der Waals surface area contributed by atoms with Crippen LogP contribution in [0.25, 0.3) is 0 Å². The first kappa shape index (κ1) is 29.0. The Morgan fingerprint density at radius 2 is 1.44 bits per heavy atom. The Hall–Kier alpha value is -1.01. The monoisotopic (exact) mass is 451 g/mol. The summed E-state index contributed by atoms with van der Waals surface area (Å²) < 4.78 is 6.01. The van der Waals surface area contributed by atoms with Crippen LogP contribution < -0.4 is 0 Å². The van der Waals surface area contributed by atoms with Gasteiger partial charge in [-0.2, -0.15) is 5.06 Å². The smallest absolute Gasteiger partial charge is 0.122 e. The van der Waals surface area contributed by atoms with E-state index in [4.69, 9.17) is 9.53 Å². The van der Waals surface area contributed by atoms with Crippen LogP contribution in [0.15, 0.2) is 24.3 Å². The molecule has 2 N–H and O–H groups in total. The molecule has 3 aliphatic carbocycles. The normalized spacial score (nSPS) is 22.7. The SMILES string of the molecule is C=O.CC(C)(O)C1CCCCC1.CC(C)(OCN(O)CC1C=CC=CC1)C1CCCCC1. The van der Waals surface area contributed by atoms with E-state index in [0.29, 0.717) is 31.0 Å². The third-order valence-corrected chi connectivity index (χ3v) is 7.29. The van der Waals surface area contributed by atoms with Gasteiger partial charge in [-0.1, -0.05) is 62.8 Å². The predicted molar refractivity (Wildman–Crippen MR) is 131 cm³/mol. The maximum absolute atomic E-state index is 10.0. The largest absolute Gasteiger partial charge is 0.390 e. The molecule has 1 unspecified atom stereocenters. The fourth-order valence-corrected chi connectivity index (χ4v) is 5.06. The van der Waals surface area contributed by atoms with Crippen molar-refractivity contribution >= 4 is 6.79 Å². The number of carbonyl (C=O) groups excluding carboxylic acids is 1. The number of allylic oxidation sites excluding steroid dienone is 3. The van der Waals surface area contributed by atoms with Gasteiger partial charge in [-0.3, -0.25) is 0 Å². The van der Waals surface area contributed by atoms with Crippen LogP contribution >= 0.6 is 0 Å². The van der Waals surface area contributed by atoms with Crippen LogP contribution in [0, 0.1) is 17.8 Å². The number of hydroxylamine groups is 2. The quantitative estimate of drug-likeness (QED) is 0.351. The van der Waals surface area contributed by atoms with E-state index in [1.807, 2.05) is 20.6 Å². The Morgan fingerprint density at radius 3 is 1.88 bits per heavy atom. The molecular formula is C27H49NO4. The fourth-order valence-electron chi connectivity index (χ4n) is 5.06. The van der Waals surface area contributed by atoms with Crippen molar-refractivity contribution in [2.24, 2.45) is 17.8 Å². The van der Waals surface area contributed by atoms with E-state index in [1.54, 1.807) is 0 Å². The maximum atomic E-state index is 10.0. The minimum absolute atomic E-state index is 0.135. The zero-order valence-electron chi connectivity index (χ0n) is 21.1. The molecule has 1 atom stereocenters. The molecule has 2 fully saturated rings. The zero-order chi connectivity index (χ0) is 24.0. The average molecular weight is 452 g/mol. The van der Waals surface area contributed by atoms with Crippen molar-refractivity contribution in [3.8, 4) is 0 Å². The summed E-state index contributed by atoms with van der Waals surface area (Å²) in [7, 11) is 0. The van der Waals surface area contributed by atoms with Crippen molar-refractivity contribution in [3.05, 3.63) is 24.3 Å². The molecule has 5 heteroatoms. The van der Waals surface area contributed by atoms with Gasteiger partial charge in [0.2, 0.25) is 0 Å². The maximum Gasteiger partial charge on any atom is 0.122 e. The van der Waals surface area contributed by atoms with Crippen LogP contribution in [0.2, 0.25) is 0 Å². The molecule has 186 valence electrons. The molecule has 0 aromatic heterocycles. The Balaban J connectivity index is 0.000000358. The van der Waals surface area contributed by atoms with Crippen LogP contribution in [0.1, 0.15) is 98.3 Å². The van der Waals surface area contributed by atoms with E-state index >= 15 is 0 Å². The van der Waals surface area contributed by atoms with Gasteiger partial charge in [0, 0.05) is 6.54 Å². The van der Waals surface area contributed by atoms with Gasteiger partial charge in [-0.05, 0) is 77.6 Å². The molecule has 0 saturated heterocycles. The summed E-state index contributed by atoms with van der Waals surface area (Å²) >= 11 is 0. The standard InChI is InChI=1S/C17H29NO2.C9H18O.CH2O/c1-17(2,16-11-7-4-8-12-16)20-14-18(19)13-15-9-5-3-6-10-15;1-9(2,10)8-6-4-3-5-7-8;1-2/h3,5-6,9,15-16,19H,4,7-8,10-14H2,1-2H3;8,10H,3-7H2,1-2H3;1H2. The Kier molecular flexibility index (Phi) is 13.6. The summed E-state index contributed by atoms with van der Waals surface area (Å²) in [5.41, 5.74) is -0.565. The Bertz CT molecular complexity index is 540. The summed E-state index contributed by atoms with van der Waals surface area (Å²) in [6.07, 6.45) is 22.4. The van der Waals surface area contributed by atoms with Gasteiger partial charge < -0.3 is 19.8 Å². The number of nitrogens with zero attached hydrogens (tertiary/aromatic N) is 1. The average Bonchev–Trinajstić information content (AvgIpc) is 2.81. The van der Waals surface area contributed by atoms with Crippen molar-refractivity contribution in [1.29, 1.82) is 0 Å². The molecule has 0 radical (unpaired) electrons. The molecule has 0 aromatic carbocycles. The van der Waals surface area contributed by atoms with Crippen LogP contribution in [-0.2, 0) is 9.53 Å². The van der Waals surface area contributed by atoms with E-state index in [2.05, 4.69) is 38.2 Å². The molecule has 0 amide bonds. The topological polar surface area (TPSA) is 70.0 Å². The minimum Gasteiger partial charge on any atom is -0.390 e. The van der Waals surface area contributed by atoms with Crippen molar-refractivity contribution in [2.45, 2.75) is 110 Å². The second kappa shape index (κ2) is 15.0. The highest BCUT2D eigenvalue weighted by Gasteiger charge is 2.32. The molecule has 32 heavy (non-hydrogen) atoms. The van der Waals surface area contributed by atoms with Crippen molar-refractivity contribution in [1.82, 2.24) is 5.06 Å². The first-order chi connectivity index (χ1) is 15.2. The molecule has 0 bridgehead atoms. The van der Waals surface area contributed by atoms with Crippen LogP contribution in [0.3, 0.4) is 0 Å².